The van der Waals surface area contributed by atoms with Crippen molar-refractivity contribution in [3.05, 3.63) is 29.8 Å². The van der Waals surface area contributed by atoms with Crippen molar-refractivity contribution in [3.63, 3.8) is 0 Å². The topological polar surface area (TPSA) is 52.7 Å². The second-order valence-electron chi connectivity index (χ2n) is 4.99. The first kappa shape index (κ1) is 15.4. The van der Waals surface area contributed by atoms with E-state index in [0.717, 1.165) is 18.2 Å². The molecule has 1 aromatic rings. The number of piperazine rings is 1. The van der Waals surface area contributed by atoms with Gasteiger partial charge in [0, 0.05) is 44.9 Å². The summed E-state index contributed by atoms with van der Waals surface area (Å²) in [6, 6.07) is 2.87. The number of halogens is 2. The van der Waals surface area contributed by atoms with Gasteiger partial charge < -0.3 is 10.2 Å². The van der Waals surface area contributed by atoms with E-state index in [9.17, 15) is 18.4 Å². The Morgan fingerprint density at radius 3 is 2.19 bits per heavy atom. The Morgan fingerprint density at radius 2 is 1.67 bits per heavy atom. The highest BCUT2D eigenvalue weighted by Gasteiger charge is 2.20. The molecule has 1 fully saturated rings. The normalized spacial score (nSPS) is 15.9. The molecule has 1 aliphatic heterocycles. The van der Waals surface area contributed by atoms with Gasteiger partial charge in [0.1, 0.15) is 11.6 Å². The molecule has 0 atom stereocenters. The maximum atomic E-state index is 13.0. The molecule has 1 aromatic carbocycles. The fraction of sp³-hybridized carbons (Fsp3) is 0.429. The lowest BCUT2D eigenvalue weighted by atomic mass is 10.3. The van der Waals surface area contributed by atoms with Crippen LogP contribution in [-0.2, 0) is 9.59 Å². The van der Waals surface area contributed by atoms with Crippen LogP contribution in [0.5, 0.6) is 0 Å². The first-order valence-electron chi connectivity index (χ1n) is 6.68. The van der Waals surface area contributed by atoms with Gasteiger partial charge in [-0.15, -0.1) is 0 Å². The largest absolute Gasteiger partial charge is 0.340 e. The number of nitrogens with one attached hydrogen (secondary N) is 1. The minimum atomic E-state index is -0.736. The van der Waals surface area contributed by atoms with Crippen LogP contribution < -0.4 is 5.32 Å². The molecule has 5 nitrogen and oxygen atoms in total. The molecule has 0 aromatic heterocycles. The molecule has 0 bridgehead atoms. The molecule has 114 valence electrons. The summed E-state index contributed by atoms with van der Waals surface area (Å²) in [6.07, 6.45) is 0. The predicted octanol–water partition coefficient (Wildman–Crippen LogP) is 1.07. The van der Waals surface area contributed by atoms with Gasteiger partial charge in [-0.2, -0.15) is 0 Å². The summed E-state index contributed by atoms with van der Waals surface area (Å²) in [4.78, 5) is 26.6. The average Bonchev–Trinajstić information content (AvgIpc) is 2.37. The second kappa shape index (κ2) is 6.62. The summed E-state index contributed by atoms with van der Waals surface area (Å²) in [5.41, 5.74) is 0.0971. The Bertz CT molecular complexity index is 523. The Labute approximate surface area is 121 Å². The minimum Gasteiger partial charge on any atom is -0.340 e. The number of carbonyl (C=O) groups excluding carboxylic acids is 2. The highest BCUT2D eigenvalue weighted by molar-refractivity contribution is 5.92. The van der Waals surface area contributed by atoms with Crippen LogP contribution in [0.25, 0.3) is 0 Å². The minimum absolute atomic E-state index is 0.0225. The van der Waals surface area contributed by atoms with Crippen molar-refractivity contribution >= 4 is 17.5 Å². The van der Waals surface area contributed by atoms with Crippen LogP contribution in [0, 0.1) is 11.6 Å². The number of hydrogen-bond acceptors (Lipinski definition) is 3. The van der Waals surface area contributed by atoms with Crippen molar-refractivity contribution in [2.75, 3.05) is 38.0 Å². The highest BCUT2D eigenvalue weighted by Crippen LogP contribution is 2.13. The molecule has 2 rings (SSSR count). The highest BCUT2D eigenvalue weighted by atomic mass is 19.1. The first-order chi connectivity index (χ1) is 9.94. The van der Waals surface area contributed by atoms with Crippen LogP contribution in [0.3, 0.4) is 0 Å². The monoisotopic (exact) mass is 297 g/mol. The van der Waals surface area contributed by atoms with Crippen molar-refractivity contribution in [1.29, 1.82) is 0 Å². The van der Waals surface area contributed by atoms with Crippen LogP contribution in [0.2, 0.25) is 0 Å². The van der Waals surface area contributed by atoms with Gasteiger partial charge >= 0.3 is 0 Å². The standard InChI is InChI=1S/C14H17F2N3O2/c1-10(20)19-4-2-18(3-5-19)9-14(21)17-13-7-11(15)6-12(16)8-13/h6-8H,2-5,9H2,1H3,(H,17,21). The molecule has 1 aliphatic rings. The zero-order valence-electron chi connectivity index (χ0n) is 11.7. The van der Waals surface area contributed by atoms with E-state index in [0.29, 0.717) is 26.2 Å². The van der Waals surface area contributed by atoms with E-state index in [1.54, 1.807) is 4.90 Å². The number of anilines is 1. The van der Waals surface area contributed by atoms with Gasteiger partial charge in [-0.25, -0.2) is 8.78 Å². The van der Waals surface area contributed by atoms with Gasteiger partial charge in [0.2, 0.25) is 11.8 Å². The van der Waals surface area contributed by atoms with Crippen molar-refractivity contribution < 1.29 is 18.4 Å². The quantitative estimate of drug-likeness (QED) is 0.908. The summed E-state index contributed by atoms with van der Waals surface area (Å²) >= 11 is 0. The number of hydrogen-bond donors (Lipinski definition) is 1. The summed E-state index contributed by atoms with van der Waals surface area (Å²) in [5, 5.41) is 2.46. The number of carbonyl (C=O) groups is 2. The fourth-order valence-electron chi connectivity index (χ4n) is 2.25. The second-order valence-corrected chi connectivity index (χ2v) is 4.99. The molecule has 0 unspecified atom stereocenters. The lowest BCUT2D eigenvalue weighted by Gasteiger charge is -2.33. The Hall–Kier alpha value is -2.02. The van der Waals surface area contributed by atoms with E-state index in [4.69, 9.17) is 0 Å². The molecule has 0 aliphatic carbocycles. The maximum absolute atomic E-state index is 13.0. The van der Waals surface area contributed by atoms with Crippen molar-refractivity contribution in [3.8, 4) is 0 Å². The number of amides is 2. The van der Waals surface area contributed by atoms with Crippen molar-refractivity contribution in [2.24, 2.45) is 0 Å². The fourth-order valence-corrected chi connectivity index (χ4v) is 2.25. The Balaban J connectivity index is 1.84. The van der Waals surface area contributed by atoms with Crippen molar-refractivity contribution in [1.82, 2.24) is 9.80 Å². The summed E-state index contributed by atoms with van der Waals surface area (Å²) in [6.45, 7) is 4.01. The van der Waals surface area contributed by atoms with Gasteiger partial charge in [0.25, 0.3) is 0 Å². The molecule has 1 N–H and O–H groups in total. The molecule has 0 radical (unpaired) electrons. The van der Waals surface area contributed by atoms with Crippen LogP contribution >= 0.6 is 0 Å². The lowest BCUT2D eigenvalue weighted by molar-refractivity contribution is -0.130. The van der Waals surface area contributed by atoms with E-state index in [1.165, 1.54) is 6.92 Å². The Morgan fingerprint density at radius 1 is 1.10 bits per heavy atom. The summed E-state index contributed by atoms with van der Waals surface area (Å²) in [5.74, 6) is -1.79. The molecular weight excluding hydrogens is 280 g/mol. The summed E-state index contributed by atoms with van der Waals surface area (Å²) in [7, 11) is 0. The molecular formula is C14H17F2N3O2. The zero-order valence-corrected chi connectivity index (χ0v) is 11.7. The van der Waals surface area contributed by atoms with Crippen molar-refractivity contribution in [2.45, 2.75) is 6.92 Å². The van der Waals surface area contributed by atoms with E-state index in [-0.39, 0.29) is 24.0 Å². The Kier molecular flexibility index (Phi) is 4.85. The van der Waals surface area contributed by atoms with Gasteiger partial charge in [-0.1, -0.05) is 0 Å². The molecule has 1 saturated heterocycles. The van der Waals surface area contributed by atoms with Gasteiger partial charge in [-0.3, -0.25) is 14.5 Å². The smallest absolute Gasteiger partial charge is 0.238 e. The van der Waals surface area contributed by atoms with Crippen LogP contribution in [0.4, 0.5) is 14.5 Å². The first-order valence-corrected chi connectivity index (χ1v) is 6.68. The van der Waals surface area contributed by atoms with E-state index < -0.39 is 11.6 Å². The SMILES string of the molecule is CC(=O)N1CCN(CC(=O)Nc2cc(F)cc(F)c2)CC1. The molecule has 21 heavy (non-hydrogen) atoms. The molecule has 2 amide bonds. The van der Waals surface area contributed by atoms with Crippen LogP contribution in [0.1, 0.15) is 6.92 Å². The third-order valence-corrected chi connectivity index (χ3v) is 3.33. The van der Waals surface area contributed by atoms with Gasteiger partial charge in [0.15, 0.2) is 0 Å². The van der Waals surface area contributed by atoms with Gasteiger partial charge in [0.05, 0.1) is 6.54 Å². The van der Waals surface area contributed by atoms with E-state index in [1.807, 2.05) is 4.90 Å². The van der Waals surface area contributed by atoms with E-state index >= 15 is 0 Å². The molecule has 0 spiro atoms. The predicted molar refractivity (Wildman–Crippen MR) is 73.7 cm³/mol. The third-order valence-electron chi connectivity index (χ3n) is 3.33. The number of rotatable bonds is 3. The molecule has 1 heterocycles. The molecule has 7 heteroatoms. The van der Waals surface area contributed by atoms with Gasteiger partial charge in [-0.05, 0) is 12.1 Å². The van der Waals surface area contributed by atoms with Crippen LogP contribution in [0.15, 0.2) is 18.2 Å². The average molecular weight is 297 g/mol. The zero-order chi connectivity index (χ0) is 15.4. The maximum Gasteiger partial charge on any atom is 0.238 e. The number of nitrogens with zero attached hydrogens (tertiary/aromatic N) is 2. The summed E-state index contributed by atoms with van der Waals surface area (Å²) < 4.78 is 26.0. The third kappa shape index (κ3) is 4.49. The lowest BCUT2D eigenvalue weighted by Crippen LogP contribution is -2.49. The molecule has 0 saturated carbocycles. The van der Waals surface area contributed by atoms with E-state index in [2.05, 4.69) is 5.32 Å². The van der Waals surface area contributed by atoms with Crippen LogP contribution in [-0.4, -0.2) is 54.3 Å². The number of benzene rings is 1.